The molecule has 1 atom stereocenters. The summed E-state index contributed by atoms with van der Waals surface area (Å²) in [6.07, 6.45) is 7.79. The molecule has 1 N–H and O–H groups in total. The van der Waals surface area contributed by atoms with Crippen LogP contribution >= 0.6 is 0 Å². The smallest absolute Gasteiger partial charge is 0.0446 e. The molecule has 3 nitrogen and oxygen atoms in total. The number of rotatable bonds is 5. The van der Waals surface area contributed by atoms with E-state index in [9.17, 15) is 5.11 Å². The number of nitrogens with zero attached hydrogens (tertiary/aromatic N) is 2. The third kappa shape index (κ3) is 3.43. The minimum Gasteiger partial charge on any atom is -0.396 e. The van der Waals surface area contributed by atoms with E-state index in [0.29, 0.717) is 12.6 Å². The fraction of sp³-hybridized carbons (Fsp3) is 1.00. The van der Waals surface area contributed by atoms with E-state index < -0.39 is 0 Å². The maximum absolute atomic E-state index is 9.25. The lowest BCUT2D eigenvalue weighted by Crippen LogP contribution is -2.56. The standard InChI is InChI=1S/C14H28N2O/c1-2-8-15-9-10-16(13-5-3-4-6-13)14(12-15)7-11-17/h13-14,17H,2-12H2,1H3/t14-/m0/s1. The van der Waals surface area contributed by atoms with Crippen LogP contribution in [0.5, 0.6) is 0 Å². The summed E-state index contributed by atoms with van der Waals surface area (Å²) in [5.41, 5.74) is 0. The number of aliphatic hydroxyl groups excluding tert-OH is 1. The zero-order valence-electron chi connectivity index (χ0n) is 11.3. The topological polar surface area (TPSA) is 26.7 Å². The molecule has 0 amide bonds. The molecule has 0 aromatic heterocycles. The van der Waals surface area contributed by atoms with Crippen molar-refractivity contribution in [3.8, 4) is 0 Å². The Morgan fingerprint density at radius 3 is 2.59 bits per heavy atom. The Kier molecular flexibility index (Phi) is 5.26. The largest absolute Gasteiger partial charge is 0.396 e. The summed E-state index contributed by atoms with van der Waals surface area (Å²) >= 11 is 0. The Labute approximate surface area is 106 Å². The van der Waals surface area contributed by atoms with E-state index in [1.807, 2.05) is 0 Å². The van der Waals surface area contributed by atoms with Gasteiger partial charge in [0.05, 0.1) is 0 Å². The third-order valence-electron chi connectivity index (χ3n) is 4.41. The predicted molar refractivity (Wildman–Crippen MR) is 71.2 cm³/mol. The van der Waals surface area contributed by atoms with E-state index in [1.54, 1.807) is 0 Å². The van der Waals surface area contributed by atoms with E-state index >= 15 is 0 Å². The summed E-state index contributed by atoms with van der Waals surface area (Å²) in [5.74, 6) is 0. The highest BCUT2D eigenvalue weighted by molar-refractivity contribution is 4.88. The molecule has 100 valence electrons. The van der Waals surface area contributed by atoms with Crippen molar-refractivity contribution in [2.24, 2.45) is 0 Å². The second-order valence-corrected chi connectivity index (χ2v) is 5.64. The number of hydrogen-bond acceptors (Lipinski definition) is 3. The summed E-state index contributed by atoms with van der Waals surface area (Å²) < 4.78 is 0. The first-order valence-corrected chi connectivity index (χ1v) is 7.44. The highest BCUT2D eigenvalue weighted by Crippen LogP contribution is 2.27. The van der Waals surface area contributed by atoms with Crippen LogP contribution in [0.3, 0.4) is 0 Å². The third-order valence-corrected chi connectivity index (χ3v) is 4.41. The maximum Gasteiger partial charge on any atom is 0.0446 e. The van der Waals surface area contributed by atoms with Crippen LogP contribution in [0.1, 0.15) is 45.4 Å². The summed E-state index contributed by atoms with van der Waals surface area (Å²) in [6, 6.07) is 1.42. The molecule has 17 heavy (non-hydrogen) atoms. The van der Waals surface area contributed by atoms with Crippen LogP contribution in [-0.2, 0) is 0 Å². The fourth-order valence-corrected chi connectivity index (χ4v) is 3.58. The SMILES string of the molecule is CCCN1CCN(C2CCCC2)[C@@H](CCO)C1. The zero-order chi connectivity index (χ0) is 12.1. The van der Waals surface area contributed by atoms with Gasteiger partial charge < -0.3 is 10.0 Å². The molecule has 2 aliphatic rings. The molecular formula is C14H28N2O. The fourth-order valence-electron chi connectivity index (χ4n) is 3.58. The lowest BCUT2D eigenvalue weighted by atomic mass is 10.0. The van der Waals surface area contributed by atoms with Crippen LogP contribution in [0.25, 0.3) is 0 Å². The molecule has 1 heterocycles. The summed E-state index contributed by atoms with van der Waals surface area (Å²) in [4.78, 5) is 5.28. The summed E-state index contributed by atoms with van der Waals surface area (Å²) in [6.45, 7) is 7.44. The summed E-state index contributed by atoms with van der Waals surface area (Å²) in [7, 11) is 0. The quantitative estimate of drug-likeness (QED) is 0.792. The molecule has 1 aliphatic carbocycles. The van der Waals surface area contributed by atoms with Crippen LogP contribution in [0.2, 0.25) is 0 Å². The van der Waals surface area contributed by atoms with Gasteiger partial charge in [0.15, 0.2) is 0 Å². The second-order valence-electron chi connectivity index (χ2n) is 5.64. The van der Waals surface area contributed by atoms with Gasteiger partial charge in [-0.2, -0.15) is 0 Å². The van der Waals surface area contributed by atoms with Gasteiger partial charge in [0.25, 0.3) is 0 Å². The van der Waals surface area contributed by atoms with Crippen molar-refractivity contribution in [2.45, 2.75) is 57.5 Å². The van der Waals surface area contributed by atoms with Gasteiger partial charge in [-0.15, -0.1) is 0 Å². The van der Waals surface area contributed by atoms with Crippen molar-refractivity contribution in [3.63, 3.8) is 0 Å². The van der Waals surface area contributed by atoms with E-state index in [0.717, 1.165) is 12.5 Å². The van der Waals surface area contributed by atoms with Crippen LogP contribution in [0.15, 0.2) is 0 Å². The predicted octanol–water partition coefficient (Wildman–Crippen LogP) is 1.71. The van der Waals surface area contributed by atoms with Crippen molar-refractivity contribution < 1.29 is 5.11 Å². The minimum atomic E-state index is 0.341. The monoisotopic (exact) mass is 240 g/mol. The van der Waals surface area contributed by atoms with E-state index in [2.05, 4.69) is 16.7 Å². The normalized spacial score (nSPS) is 28.9. The van der Waals surface area contributed by atoms with Gasteiger partial charge in [0, 0.05) is 38.3 Å². The lowest BCUT2D eigenvalue weighted by molar-refractivity contribution is 0.0300. The van der Waals surface area contributed by atoms with Crippen LogP contribution in [-0.4, -0.2) is 59.8 Å². The first-order chi connectivity index (χ1) is 8.35. The molecule has 0 bridgehead atoms. The molecule has 2 fully saturated rings. The highest BCUT2D eigenvalue weighted by atomic mass is 16.3. The van der Waals surface area contributed by atoms with Gasteiger partial charge in [-0.1, -0.05) is 19.8 Å². The molecule has 1 saturated heterocycles. The Bertz CT molecular complexity index is 216. The average Bonchev–Trinajstić information content (AvgIpc) is 2.84. The maximum atomic E-state index is 9.25. The van der Waals surface area contributed by atoms with Gasteiger partial charge in [-0.05, 0) is 32.2 Å². The van der Waals surface area contributed by atoms with Crippen LogP contribution in [0, 0.1) is 0 Å². The van der Waals surface area contributed by atoms with Crippen molar-refractivity contribution in [3.05, 3.63) is 0 Å². The molecule has 0 unspecified atom stereocenters. The van der Waals surface area contributed by atoms with Crippen molar-refractivity contribution >= 4 is 0 Å². The number of aliphatic hydroxyl groups is 1. The first kappa shape index (κ1) is 13.3. The van der Waals surface area contributed by atoms with E-state index in [-0.39, 0.29) is 0 Å². The van der Waals surface area contributed by atoms with Crippen molar-refractivity contribution in [1.29, 1.82) is 0 Å². The Hall–Kier alpha value is -0.120. The van der Waals surface area contributed by atoms with Gasteiger partial charge in [0.1, 0.15) is 0 Å². The number of hydrogen-bond donors (Lipinski definition) is 1. The first-order valence-electron chi connectivity index (χ1n) is 7.44. The zero-order valence-corrected chi connectivity index (χ0v) is 11.3. The molecule has 1 saturated carbocycles. The molecule has 0 spiro atoms. The Morgan fingerprint density at radius 2 is 1.94 bits per heavy atom. The van der Waals surface area contributed by atoms with E-state index in [4.69, 9.17) is 0 Å². The molecule has 0 aromatic carbocycles. The molecule has 3 heteroatoms. The van der Waals surface area contributed by atoms with Crippen molar-refractivity contribution in [2.75, 3.05) is 32.8 Å². The molecule has 0 radical (unpaired) electrons. The van der Waals surface area contributed by atoms with Gasteiger partial charge >= 0.3 is 0 Å². The second kappa shape index (κ2) is 6.72. The van der Waals surface area contributed by atoms with Gasteiger partial charge in [-0.25, -0.2) is 0 Å². The Morgan fingerprint density at radius 1 is 1.18 bits per heavy atom. The van der Waals surface area contributed by atoms with Gasteiger partial charge in [0.2, 0.25) is 0 Å². The summed E-state index contributed by atoms with van der Waals surface area (Å²) in [5, 5.41) is 9.25. The van der Waals surface area contributed by atoms with Crippen molar-refractivity contribution in [1.82, 2.24) is 9.80 Å². The van der Waals surface area contributed by atoms with Crippen LogP contribution < -0.4 is 0 Å². The molecule has 1 aliphatic heterocycles. The molecule has 0 aromatic rings. The number of piperazine rings is 1. The van der Waals surface area contributed by atoms with Crippen LogP contribution in [0.4, 0.5) is 0 Å². The van der Waals surface area contributed by atoms with E-state index in [1.165, 1.54) is 58.3 Å². The minimum absolute atomic E-state index is 0.341. The average molecular weight is 240 g/mol. The lowest BCUT2D eigenvalue weighted by Gasteiger charge is -2.44. The Balaban J connectivity index is 1.90. The molecule has 2 rings (SSSR count). The van der Waals surface area contributed by atoms with Gasteiger partial charge in [-0.3, -0.25) is 4.90 Å². The highest BCUT2D eigenvalue weighted by Gasteiger charge is 2.32. The molecular weight excluding hydrogens is 212 g/mol.